The second-order valence-electron chi connectivity index (χ2n) is 5.61. The van der Waals surface area contributed by atoms with E-state index in [2.05, 4.69) is 33.2 Å². The summed E-state index contributed by atoms with van der Waals surface area (Å²) in [4.78, 5) is 14.6. The molecule has 0 spiro atoms. The Kier molecular flexibility index (Phi) is 4.23. The zero-order chi connectivity index (χ0) is 17.1. The number of nitrogens with two attached hydrogens (primary N) is 1. The largest absolute Gasteiger partial charge is 0.368 e. The van der Waals surface area contributed by atoms with E-state index in [0.29, 0.717) is 0 Å². The van der Waals surface area contributed by atoms with E-state index in [-0.39, 0.29) is 5.95 Å². The van der Waals surface area contributed by atoms with Gasteiger partial charge in [-0.05, 0) is 29.1 Å². The summed E-state index contributed by atoms with van der Waals surface area (Å²) in [5, 5.41) is 2.04. The number of hydrogen-bond donors (Lipinski definition) is 1. The third-order valence-electron chi connectivity index (χ3n) is 3.91. The molecule has 5 heteroatoms. The van der Waals surface area contributed by atoms with Gasteiger partial charge >= 0.3 is 0 Å². The van der Waals surface area contributed by atoms with Crippen molar-refractivity contribution in [3.63, 3.8) is 0 Å². The molecule has 0 radical (unpaired) electrons. The van der Waals surface area contributed by atoms with E-state index >= 15 is 0 Å². The second kappa shape index (κ2) is 6.83. The van der Waals surface area contributed by atoms with Gasteiger partial charge in [0, 0.05) is 18.2 Å². The molecule has 0 amide bonds. The summed E-state index contributed by atoms with van der Waals surface area (Å²) in [5.74, 6) is 0.265. The first kappa shape index (κ1) is 15.5. The van der Waals surface area contributed by atoms with Crippen molar-refractivity contribution >= 4 is 17.3 Å². The molecule has 3 heterocycles. The molecule has 4 rings (SSSR count). The quantitative estimate of drug-likeness (QED) is 0.594. The van der Waals surface area contributed by atoms with Crippen molar-refractivity contribution in [2.24, 2.45) is 0 Å². The molecule has 3 aromatic heterocycles. The third kappa shape index (κ3) is 3.27. The van der Waals surface area contributed by atoms with Gasteiger partial charge in [0.2, 0.25) is 5.95 Å². The molecule has 0 unspecified atom stereocenters. The highest BCUT2D eigenvalue weighted by Crippen LogP contribution is 2.33. The molecule has 0 aliphatic heterocycles. The van der Waals surface area contributed by atoms with Gasteiger partial charge in [0.05, 0.1) is 22.0 Å². The van der Waals surface area contributed by atoms with Gasteiger partial charge in [0.1, 0.15) is 0 Å². The molecule has 122 valence electrons. The highest BCUT2D eigenvalue weighted by atomic mass is 32.1. The zero-order valence-electron chi connectivity index (χ0n) is 13.5. The van der Waals surface area contributed by atoms with E-state index in [4.69, 9.17) is 5.73 Å². The van der Waals surface area contributed by atoms with Crippen LogP contribution < -0.4 is 5.73 Å². The molecule has 0 fully saturated rings. The average molecular weight is 344 g/mol. The van der Waals surface area contributed by atoms with E-state index in [1.807, 2.05) is 47.8 Å². The Morgan fingerprint density at radius 2 is 1.64 bits per heavy atom. The van der Waals surface area contributed by atoms with Crippen LogP contribution in [0.3, 0.4) is 0 Å². The summed E-state index contributed by atoms with van der Waals surface area (Å²) >= 11 is 1.65. The highest BCUT2D eigenvalue weighted by molar-refractivity contribution is 7.13. The summed E-state index contributed by atoms with van der Waals surface area (Å²) in [6, 6.07) is 20.2. The Bertz CT molecular complexity index is 968. The van der Waals surface area contributed by atoms with Gasteiger partial charge in [0.25, 0.3) is 0 Å². The molecule has 4 aromatic rings. The number of pyridine rings is 1. The van der Waals surface area contributed by atoms with Crippen molar-refractivity contribution in [1.29, 1.82) is 0 Å². The Morgan fingerprint density at radius 1 is 0.840 bits per heavy atom. The number of anilines is 1. The molecule has 0 aliphatic rings. The van der Waals surface area contributed by atoms with Crippen LogP contribution in [0.4, 0.5) is 5.95 Å². The lowest BCUT2D eigenvalue weighted by Gasteiger charge is -2.13. The summed E-state index contributed by atoms with van der Waals surface area (Å²) in [6.45, 7) is 0. The van der Waals surface area contributed by atoms with Crippen LogP contribution in [0.2, 0.25) is 0 Å². The Labute approximate surface area is 150 Å². The monoisotopic (exact) mass is 344 g/mol. The first-order valence-corrected chi connectivity index (χ1v) is 8.85. The molecule has 0 bridgehead atoms. The Balaban J connectivity index is 1.94. The predicted molar refractivity (Wildman–Crippen MR) is 102 cm³/mol. The van der Waals surface area contributed by atoms with Crippen LogP contribution in [0.1, 0.15) is 11.1 Å². The number of thiophene rings is 1. The number of nitrogen functional groups attached to an aromatic ring is 1. The van der Waals surface area contributed by atoms with E-state index in [1.54, 1.807) is 17.5 Å². The average Bonchev–Trinajstić information content (AvgIpc) is 3.19. The summed E-state index contributed by atoms with van der Waals surface area (Å²) in [7, 11) is 0. The topological polar surface area (TPSA) is 64.7 Å². The first-order valence-electron chi connectivity index (χ1n) is 7.97. The number of rotatable bonds is 4. The van der Waals surface area contributed by atoms with Gasteiger partial charge in [-0.25, -0.2) is 9.97 Å². The summed E-state index contributed by atoms with van der Waals surface area (Å²) < 4.78 is 0. The van der Waals surface area contributed by atoms with E-state index in [1.165, 1.54) is 5.56 Å². The molecule has 0 aliphatic carbocycles. The SMILES string of the molecule is Nc1nc(-c2ccccn2)c(Cc2ccccc2)c(-c2cccs2)n1. The van der Waals surface area contributed by atoms with Gasteiger partial charge in [-0.15, -0.1) is 11.3 Å². The van der Waals surface area contributed by atoms with Crippen molar-refractivity contribution in [3.8, 4) is 22.0 Å². The zero-order valence-corrected chi connectivity index (χ0v) is 14.3. The maximum atomic E-state index is 6.02. The normalized spacial score (nSPS) is 10.7. The minimum Gasteiger partial charge on any atom is -0.368 e. The lowest BCUT2D eigenvalue weighted by Crippen LogP contribution is -2.06. The molecule has 1 aromatic carbocycles. The molecule has 25 heavy (non-hydrogen) atoms. The smallest absolute Gasteiger partial charge is 0.221 e. The van der Waals surface area contributed by atoms with Crippen molar-refractivity contribution < 1.29 is 0 Å². The number of benzene rings is 1. The van der Waals surface area contributed by atoms with Crippen LogP contribution in [0.15, 0.2) is 72.2 Å². The summed E-state index contributed by atoms with van der Waals surface area (Å²) in [5.41, 5.74) is 10.7. The molecular formula is C20H16N4S. The lowest BCUT2D eigenvalue weighted by molar-refractivity contribution is 1.08. The molecule has 4 nitrogen and oxygen atoms in total. The maximum Gasteiger partial charge on any atom is 0.221 e. The second-order valence-corrected chi connectivity index (χ2v) is 6.56. The minimum absolute atomic E-state index is 0.265. The van der Waals surface area contributed by atoms with E-state index in [9.17, 15) is 0 Å². The predicted octanol–water partition coefficient (Wildman–Crippen LogP) is 4.44. The van der Waals surface area contributed by atoms with Gasteiger partial charge in [-0.2, -0.15) is 0 Å². The van der Waals surface area contributed by atoms with Crippen molar-refractivity contribution in [2.75, 3.05) is 5.73 Å². The molecule has 0 atom stereocenters. The molecule has 0 saturated heterocycles. The molecular weight excluding hydrogens is 328 g/mol. The van der Waals surface area contributed by atoms with Crippen LogP contribution >= 0.6 is 11.3 Å². The Hall–Kier alpha value is -3.05. The third-order valence-corrected chi connectivity index (χ3v) is 4.79. The first-order chi connectivity index (χ1) is 12.3. The lowest BCUT2D eigenvalue weighted by atomic mass is 9.99. The van der Waals surface area contributed by atoms with Crippen LogP contribution in [0, 0.1) is 0 Å². The fourth-order valence-corrected chi connectivity index (χ4v) is 3.54. The standard InChI is InChI=1S/C20H16N4S/c21-20-23-18(16-9-4-5-11-22-16)15(13-14-7-2-1-3-8-14)19(24-20)17-10-6-12-25-17/h1-12H,13H2,(H2,21,23,24). The van der Waals surface area contributed by atoms with Crippen LogP contribution in [0.25, 0.3) is 22.0 Å². The maximum absolute atomic E-state index is 6.02. The van der Waals surface area contributed by atoms with Crippen molar-refractivity contribution in [3.05, 3.63) is 83.4 Å². The number of nitrogens with zero attached hydrogens (tertiary/aromatic N) is 3. The van der Waals surface area contributed by atoms with Crippen molar-refractivity contribution in [1.82, 2.24) is 15.0 Å². The molecule has 0 saturated carbocycles. The van der Waals surface area contributed by atoms with Gasteiger partial charge in [-0.3, -0.25) is 4.98 Å². The van der Waals surface area contributed by atoms with Crippen molar-refractivity contribution in [2.45, 2.75) is 6.42 Å². The van der Waals surface area contributed by atoms with E-state index in [0.717, 1.165) is 33.9 Å². The van der Waals surface area contributed by atoms with Gasteiger partial charge < -0.3 is 5.73 Å². The van der Waals surface area contributed by atoms with Crippen LogP contribution in [-0.2, 0) is 6.42 Å². The number of aromatic nitrogens is 3. The van der Waals surface area contributed by atoms with E-state index < -0.39 is 0 Å². The minimum atomic E-state index is 0.265. The Morgan fingerprint density at radius 3 is 2.36 bits per heavy atom. The molecule has 2 N–H and O–H groups in total. The van der Waals surface area contributed by atoms with Crippen LogP contribution in [-0.4, -0.2) is 15.0 Å². The fourth-order valence-electron chi connectivity index (χ4n) is 2.80. The highest BCUT2D eigenvalue weighted by Gasteiger charge is 2.18. The van der Waals surface area contributed by atoms with Crippen LogP contribution in [0.5, 0.6) is 0 Å². The number of hydrogen-bond acceptors (Lipinski definition) is 5. The van der Waals surface area contributed by atoms with Gasteiger partial charge in [0.15, 0.2) is 0 Å². The van der Waals surface area contributed by atoms with Gasteiger partial charge in [-0.1, -0.05) is 42.5 Å². The summed E-state index contributed by atoms with van der Waals surface area (Å²) in [6.07, 6.45) is 2.49. The fraction of sp³-hybridized carbons (Fsp3) is 0.0500.